The van der Waals surface area contributed by atoms with E-state index >= 15 is 0 Å². The number of carbonyl (C=O) groups is 1. The topological polar surface area (TPSA) is 46.3 Å². The average molecular weight is 275 g/mol. The maximum absolute atomic E-state index is 12.5. The molecular formula is C15H15ClN2O. The van der Waals surface area contributed by atoms with Gasteiger partial charge in [0.2, 0.25) is 0 Å². The van der Waals surface area contributed by atoms with Crippen molar-refractivity contribution in [1.29, 1.82) is 0 Å². The monoisotopic (exact) mass is 274 g/mol. The molecular weight excluding hydrogens is 260 g/mol. The number of nitrogens with zero attached hydrogens (tertiary/aromatic N) is 1. The molecule has 2 N–H and O–H groups in total. The maximum atomic E-state index is 12.5. The molecule has 0 fully saturated rings. The molecule has 1 amide bonds. The maximum Gasteiger partial charge on any atom is 0.258 e. The minimum atomic E-state index is -0.127. The molecule has 19 heavy (non-hydrogen) atoms. The fraction of sp³-hybridized carbons (Fsp3) is 0.133. The van der Waals surface area contributed by atoms with Crippen molar-refractivity contribution < 1.29 is 4.79 Å². The van der Waals surface area contributed by atoms with E-state index in [0.29, 0.717) is 22.0 Å². The van der Waals surface area contributed by atoms with Gasteiger partial charge in [-0.1, -0.05) is 29.8 Å². The first-order valence-corrected chi connectivity index (χ1v) is 6.28. The van der Waals surface area contributed by atoms with Crippen molar-refractivity contribution in [3.63, 3.8) is 0 Å². The summed E-state index contributed by atoms with van der Waals surface area (Å²) >= 11 is 6.04. The molecule has 0 radical (unpaired) electrons. The van der Waals surface area contributed by atoms with E-state index in [1.54, 1.807) is 31.3 Å². The van der Waals surface area contributed by atoms with Gasteiger partial charge in [0.05, 0.1) is 11.4 Å². The third-order valence-corrected chi connectivity index (χ3v) is 3.51. The molecule has 0 aliphatic rings. The highest BCUT2D eigenvalue weighted by Crippen LogP contribution is 2.25. The number of nitrogen functional groups attached to an aromatic ring is 1. The zero-order valence-electron chi connectivity index (χ0n) is 10.9. The van der Waals surface area contributed by atoms with Gasteiger partial charge in [-0.25, -0.2) is 0 Å². The van der Waals surface area contributed by atoms with Gasteiger partial charge in [-0.05, 0) is 36.8 Å². The first kappa shape index (κ1) is 13.4. The van der Waals surface area contributed by atoms with E-state index < -0.39 is 0 Å². The Morgan fingerprint density at radius 2 is 1.84 bits per heavy atom. The second kappa shape index (κ2) is 5.33. The molecule has 4 heteroatoms. The number of amides is 1. The minimum Gasteiger partial charge on any atom is -0.397 e. The van der Waals surface area contributed by atoms with Gasteiger partial charge in [0, 0.05) is 17.6 Å². The third-order valence-electron chi connectivity index (χ3n) is 3.10. The highest BCUT2D eigenvalue weighted by atomic mass is 35.5. The van der Waals surface area contributed by atoms with E-state index in [0.717, 1.165) is 5.56 Å². The zero-order valence-corrected chi connectivity index (χ0v) is 11.6. The van der Waals surface area contributed by atoms with Crippen molar-refractivity contribution in [1.82, 2.24) is 0 Å². The van der Waals surface area contributed by atoms with E-state index in [1.165, 1.54) is 4.90 Å². The number of hydrogen-bond donors (Lipinski definition) is 1. The van der Waals surface area contributed by atoms with Crippen LogP contribution in [0.15, 0.2) is 42.5 Å². The molecule has 2 aromatic carbocycles. The summed E-state index contributed by atoms with van der Waals surface area (Å²) in [6, 6.07) is 12.6. The summed E-state index contributed by atoms with van der Waals surface area (Å²) in [4.78, 5) is 14.0. The highest BCUT2D eigenvalue weighted by Gasteiger charge is 2.17. The molecule has 0 atom stereocenters. The quantitative estimate of drug-likeness (QED) is 0.852. The van der Waals surface area contributed by atoms with Gasteiger partial charge >= 0.3 is 0 Å². The molecule has 0 saturated carbocycles. The molecule has 0 bridgehead atoms. The number of hydrogen-bond acceptors (Lipinski definition) is 2. The summed E-state index contributed by atoms with van der Waals surface area (Å²) < 4.78 is 0. The van der Waals surface area contributed by atoms with Crippen LogP contribution in [0.2, 0.25) is 5.02 Å². The Hall–Kier alpha value is -2.00. The van der Waals surface area contributed by atoms with Crippen LogP contribution in [0.25, 0.3) is 0 Å². The molecule has 3 nitrogen and oxygen atoms in total. The van der Waals surface area contributed by atoms with Crippen molar-refractivity contribution in [3.8, 4) is 0 Å². The smallest absolute Gasteiger partial charge is 0.258 e. The average Bonchev–Trinajstić information content (AvgIpc) is 2.41. The highest BCUT2D eigenvalue weighted by molar-refractivity contribution is 6.32. The van der Waals surface area contributed by atoms with Crippen molar-refractivity contribution in [3.05, 3.63) is 58.6 Å². The molecule has 0 saturated heterocycles. The summed E-state index contributed by atoms with van der Waals surface area (Å²) in [6.07, 6.45) is 0. The summed E-state index contributed by atoms with van der Waals surface area (Å²) in [7, 11) is 1.70. The number of rotatable bonds is 2. The van der Waals surface area contributed by atoms with Crippen molar-refractivity contribution in [2.45, 2.75) is 6.92 Å². The Kier molecular flexibility index (Phi) is 3.76. The molecule has 2 aromatic rings. The fourth-order valence-corrected chi connectivity index (χ4v) is 2.10. The Balaban J connectivity index is 2.40. The molecule has 0 unspecified atom stereocenters. The van der Waals surface area contributed by atoms with Gasteiger partial charge in [0.25, 0.3) is 5.91 Å². The predicted molar refractivity (Wildman–Crippen MR) is 79.8 cm³/mol. The standard InChI is InChI=1S/C15H15ClN2O/c1-10-11(6-5-7-12(10)16)15(19)18(2)14-9-4-3-8-13(14)17/h3-9H,17H2,1-2H3. The first-order valence-electron chi connectivity index (χ1n) is 5.90. The van der Waals surface area contributed by atoms with Gasteiger partial charge < -0.3 is 10.6 Å². The molecule has 2 rings (SSSR count). The number of anilines is 2. The Morgan fingerprint density at radius 3 is 2.53 bits per heavy atom. The van der Waals surface area contributed by atoms with Gasteiger partial charge in [-0.15, -0.1) is 0 Å². The molecule has 0 spiro atoms. The fourth-order valence-electron chi connectivity index (χ4n) is 1.92. The van der Waals surface area contributed by atoms with Crippen LogP contribution in [0.4, 0.5) is 11.4 Å². The van der Waals surface area contributed by atoms with Crippen molar-refractivity contribution in [2.24, 2.45) is 0 Å². The molecule has 0 aromatic heterocycles. The van der Waals surface area contributed by atoms with Crippen LogP contribution in [-0.2, 0) is 0 Å². The van der Waals surface area contributed by atoms with Crippen LogP contribution in [0, 0.1) is 6.92 Å². The summed E-state index contributed by atoms with van der Waals surface area (Å²) in [6.45, 7) is 1.83. The number of benzene rings is 2. The summed E-state index contributed by atoms with van der Waals surface area (Å²) in [5, 5.41) is 0.584. The molecule has 0 heterocycles. The lowest BCUT2D eigenvalue weighted by Gasteiger charge is -2.20. The zero-order chi connectivity index (χ0) is 14.0. The van der Waals surface area contributed by atoms with E-state index in [-0.39, 0.29) is 5.91 Å². The second-order valence-electron chi connectivity index (χ2n) is 4.34. The van der Waals surface area contributed by atoms with Crippen molar-refractivity contribution in [2.75, 3.05) is 17.7 Å². The Morgan fingerprint density at radius 1 is 1.16 bits per heavy atom. The Bertz CT molecular complexity index is 625. The second-order valence-corrected chi connectivity index (χ2v) is 4.74. The number of para-hydroxylation sites is 2. The lowest BCUT2D eigenvalue weighted by molar-refractivity contribution is 0.0992. The van der Waals surface area contributed by atoms with Crippen LogP contribution in [0.3, 0.4) is 0 Å². The van der Waals surface area contributed by atoms with E-state index in [4.69, 9.17) is 17.3 Å². The van der Waals surface area contributed by atoms with E-state index in [9.17, 15) is 4.79 Å². The molecule has 0 aliphatic heterocycles. The minimum absolute atomic E-state index is 0.127. The molecule has 0 aliphatic carbocycles. The third kappa shape index (κ3) is 2.56. The lowest BCUT2D eigenvalue weighted by atomic mass is 10.1. The van der Waals surface area contributed by atoms with Crippen molar-refractivity contribution >= 4 is 28.9 Å². The van der Waals surface area contributed by atoms with E-state index in [1.807, 2.05) is 25.1 Å². The summed E-state index contributed by atoms with van der Waals surface area (Å²) in [5.74, 6) is -0.127. The van der Waals surface area contributed by atoms with Gasteiger partial charge in [-0.2, -0.15) is 0 Å². The first-order chi connectivity index (χ1) is 9.02. The normalized spacial score (nSPS) is 10.3. The molecule has 98 valence electrons. The Labute approximate surface area is 117 Å². The van der Waals surface area contributed by atoms with Crippen LogP contribution in [0.1, 0.15) is 15.9 Å². The van der Waals surface area contributed by atoms with Crippen LogP contribution in [0.5, 0.6) is 0 Å². The van der Waals surface area contributed by atoms with Crippen LogP contribution in [-0.4, -0.2) is 13.0 Å². The van der Waals surface area contributed by atoms with E-state index in [2.05, 4.69) is 0 Å². The lowest BCUT2D eigenvalue weighted by Crippen LogP contribution is -2.27. The van der Waals surface area contributed by atoms with Crippen LogP contribution >= 0.6 is 11.6 Å². The number of carbonyl (C=O) groups excluding carboxylic acids is 1. The van der Waals surface area contributed by atoms with Crippen LogP contribution < -0.4 is 10.6 Å². The predicted octanol–water partition coefficient (Wildman–Crippen LogP) is 3.51. The number of halogens is 1. The largest absolute Gasteiger partial charge is 0.397 e. The number of nitrogens with two attached hydrogens (primary N) is 1. The summed E-state index contributed by atoms with van der Waals surface area (Å²) in [5.41, 5.74) is 8.50. The van der Waals surface area contributed by atoms with Gasteiger partial charge in [0.1, 0.15) is 0 Å². The SMILES string of the molecule is Cc1c(Cl)cccc1C(=O)N(C)c1ccccc1N. The van der Waals surface area contributed by atoms with Gasteiger partial charge in [-0.3, -0.25) is 4.79 Å². The van der Waals surface area contributed by atoms with Gasteiger partial charge in [0.15, 0.2) is 0 Å².